The Morgan fingerprint density at radius 3 is 2.86 bits per heavy atom. The molecule has 2 N–H and O–H groups in total. The molecular formula is C13H14N2O6. The molecule has 8 nitrogen and oxygen atoms in total. The fourth-order valence-electron chi connectivity index (χ4n) is 1.81. The first-order valence-electron chi connectivity index (χ1n) is 6.20. The number of hydrogen-bond acceptors (Lipinski definition) is 5. The van der Waals surface area contributed by atoms with Crippen LogP contribution in [-0.4, -0.2) is 49.4 Å². The van der Waals surface area contributed by atoms with Gasteiger partial charge in [0.1, 0.15) is 19.8 Å². The van der Waals surface area contributed by atoms with Crippen molar-refractivity contribution in [3.63, 3.8) is 0 Å². The van der Waals surface area contributed by atoms with Crippen LogP contribution >= 0.6 is 0 Å². The van der Waals surface area contributed by atoms with Crippen LogP contribution in [0.3, 0.4) is 0 Å². The van der Waals surface area contributed by atoms with Crippen molar-refractivity contribution in [1.82, 2.24) is 0 Å². The summed E-state index contributed by atoms with van der Waals surface area (Å²) in [6, 6.07) is 6.69. The van der Waals surface area contributed by atoms with E-state index in [1.807, 2.05) is 0 Å². The van der Waals surface area contributed by atoms with Gasteiger partial charge in [-0.2, -0.15) is 0 Å². The average Bonchev–Trinajstić information content (AvgIpc) is 2.85. The third kappa shape index (κ3) is 4.18. The van der Waals surface area contributed by atoms with Gasteiger partial charge in [0.25, 0.3) is 0 Å². The molecular weight excluding hydrogens is 280 g/mol. The molecule has 1 saturated heterocycles. The molecule has 2 rings (SSSR count). The normalized spacial score (nSPS) is 13.9. The van der Waals surface area contributed by atoms with Crippen molar-refractivity contribution in [2.24, 2.45) is 0 Å². The lowest BCUT2D eigenvalue weighted by Gasteiger charge is -2.14. The Labute approximate surface area is 120 Å². The summed E-state index contributed by atoms with van der Waals surface area (Å²) < 4.78 is 9.52. The molecule has 112 valence electrons. The zero-order chi connectivity index (χ0) is 15.2. The minimum absolute atomic E-state index is 0.332. The third-order valence-electron chi connectivity index (χ3n) is 2.66. The highest BCUT2D eigenvalue weighted by molar-refractivity contribution is 5.94. The van der Waals surface area contributed by atoms with E-state index in [4.69, 9.17) is 9.84 Å². The van der Waals surface area contributed by atoms with Crippen LogP contribution in [0.5, 0.6) is 0 Å². The lowest BCUT2D eigenvalue weighted by atomic mass is 10.2. The number of ether oxygens (including phenoxy) is 2. The van der Waals surface area contributed by atoms with Crippen LogP contribution in [0.25, 0.3) is 0 Å². The maximum absolute atomic E-state index is 11.6. The number of rotatable bonds is 6. The Morgan fingerprint density at radius 2 is 2.19 bits per heavy atom. The Kier molecular flexibility index (Phi) is 4.72. The summed E-state index contributed by atoms with van der Waals surface area (Å²) in [6.45, 7) is -0.105. The molecule has 2 amide bonds. The maximum atomic E-state index is 11.6. The zero-order valence-electron chi connectivity index (χ0n) is 11.1. The average molecular weight is 294 g/mol. The molecule has 1 fully saturated rings. The van der Waals surface area contributed by atoms with Crippen molar-refractivity contribution in [2.75, 3.05) is 36.6 Å². The van der Waals surface area contributed by atoms with Crippen LogP contribution < -0.4 is 10.2 Å². The molecule has 1 aromatic carbocycles. The van der Waals surface area contributed by atoms with Gasteiger partial charge in [-0.15, -0.1) is 0 Å². The minimum Gasteiger partial charge on any atom is -0.480 e. The molecule has 0 unspecified atom stereocenters. The second kappa shape index (κ2) is 6.71. The number of nitrogens with zero attached hydrogens (tertiary/aromatic N) is 1. The molecule has 1 aromatic rings. The summed E-state index contributed by atoms with van der Waals surface area (Å²) in [5, 5.41) is 11.0. The smallest absolute Gasteiger partial charge is 0.414 e. The van der Waals surface area contributed by atoms with Crippen molar-refractivity contribution < 1.29 is 29.0 Å². The third-order valence-corrected chi connectivity index (χ3v) is 2.66. The van der Waals surface area contributed by atoms with Crippen LogP contribution in [0, 0.1) is 0 Å². The van der Waals surface area contributed by atoms with E-state index in [0.29, 0.717) is 24.5 Å². The Balaban J connectivity index is 1.93. The number of amides is 2. The molecule has 21 heavy (non-hydrogen) atoms. The lowest BCUT2D eigenvalue weighted by Crippen LogP contribution is -2.24. The van der Waals surface area contributed by atoms with Gasteiger partial charge in [-0.05, 0) is 18.2 Å². The van der Waals surface area contributed by atoms with Gasteiger partial charge in [-0.1, -0.05) is 6.07 Å². The summed E-state index contributed by atoms with van der Waals surface area (Å²) in [4.78, 5) is 34.7. The highest BCUT2D eigenvalue weighted by Crippen LogP contribution is 2.22. The van der Waals surface area contributed by atoms with E-state index in [9.17, 15) is 14.4 Å². The lowest BCUT2D eigenvalue weighted by molar-refractivity contribution is -0.143. The van der Waals surface area contributed by atoms with Gasteiger partial charge in [0.15, 0.2) is 0 Å². The van der Waals surface area contributed by atoms with E-state index in [1.54, 1.807) is 24.3 Å². The molecule has 1 heterocycles. The first-order chi connectivity index (χ1) is 10.1. The Morgan fingerprint density at radius 1 is 1.38 bits per heavy atom. The number of cyclic esters (lactones) is 1. The van der Waals surface area contributed by atoms with Crippen LogP contribution in [0.15, 0.2) is 24.3 Å². The number of carbonyl (C=O) groups is 3. The highest BCUT2D eigenvalue weighted by atomic mass is 16.6. The van der Waals surface area contributed by atoms with Crippen molar-refractivity contribution in [1.29, 1.82) is 0 Å². The van der Waals surface area contributed by atoms with E-state index in [1.165, 1.54) is 4.90 Å². The van der Waals surface area contributed by atoms with Gasteiger partial charge < -0.3 is 19.9 Å². The number of aliphatic carboxylic acids is 1. The zero-order valence-corrected chi connectivity index (χ0v) is 11.1. The standard InChI is InChI=1S/C13H14N2O6/c16-11(7-20-8-12(17)18)14-9-2-1-3-10(6-9)15-4-5-21-13(15)19/h1-3,6H,4-5,7-8H2,(H,14,16)(H,17,18). The SMILES string of the molecule is O=C(O)COCC(=O)Nc1cccc(N2CCOC2=O)c1. The minimum atomic E-state index is -1.14. The number of nitrogens with one attached hydrogen (secondary N) is 1. The summed E-state index contributed by atoms with van der Waals surface area (Å²) in [6.07, 6.45) is -0.428. The molecule has 8 heteroatoms. The number of carbonyl (C=O) groups excluding carboxylic acids is 2. The van der Waals surface area contributed by atoms with E-state index in [0.717, 1.165) is 0 Å². The monoisotopic (exact) mass is 294 g/mol. The van der Waals surface area contributed by atoms with E-state index in [2.05, 4.69) is 10.1 Å². The molecule has 0 aromatic heterocycles. The van der Waals surface area contributed by atoms with Crippen LogP contribution in [0.1, 0.15) is 0 Å². The van der Waals surface area contributed by atoms with Gasteiger partial charge in [0.2, 0.25) is 5.91 Å². The Hall–Kier alpha value is -2.61. The number of benzene rings is 1. The highest BCUT2D eigenvalue weighted by Gasteiger charge is 2.23. The predicted octanol–water partition coefficient (Wildman–Crippen LogP) is 0.683. The van der Waals surface area contributed by atoms with Gasteiger partial charge in [-0.25, -0.2) is 9.59 Å². The fraction of sp³-hybridized carbons (Fsp3) is 0.308. The molecule has 0 radical (unpaired) electrons. The topological polar surface area (TPSA) is 105 Å². The van der Waals surface area contributed by atoms with Gasteiger partial charge in [0.05, 0.1) is 6.54 Å². The molecule has 0 spiro atoms. The molecule has 1 aliphatic heterocycles. The van der Waals surface area contributed by atoms with E-state index >= 15 is 0 Å². The number of anilines is 2. The molecule has 0 atom stereocenters. The summed E-state index contributed by atoms with van der Waals surface area (Å²) in [5.74, 6) is -1.62. The molecule has 1 aliphatic rings. The Bertz CT molecular complexity index is 559. The van der Waals surface area contributed by atoms with Gasteiger partial charge >= 0.3 is 12.1 Å². The summed E-state index contributed by atoms with van der Waals surface area (Å²) >= 11 is 0. The van der Waals surface area contributed by atoms with E-state index in [-0.39, 0.29) is 6.61 Å². The van der Waals surface area contributed by atoms with Crippen LogP contribution in [0.4, 0.5) is 16.2 Å². The van der Waals surface area contributed by atoms with Crippen molar-refractivity contribution in [3.05, 3.63) is 24.3 Å². The van der Waals surface area contributed by atoms with Crippen molar-refractivity contribution in [3.8, 4) is 0 Å². The molecule has 0 saturated carbocycles. The predicted molar refractivity (Wildman–Crippen MR) is 72.2 cm³/mol. The van der Waals surface area contributed by atoms with Gasteiger partial charge in [-0.3, -0.25) is 9.69 Å². The number of carboxylic acids is 1. The van der Waals surface area contributed by atoms with Crippen LogP contribution in [-0.2, 0) is 19.1 Å². The first-order valence-corrected chi connectivity index (χ1v) is 6.20. The number of hydrogen-bond donors (Lipinski definition) is 2. The first kappa shape index (κ1) is 14.8. The summed E-state index contributed by atoms with van der Waals surface area (Å²) in [7, 11) is 0. The second-order valence-corrected chi connectivity index (χ2v) is 4.25. The van der Waals surface area contributed by atoms with E-state index < -0.39 is 24.6 Å². The van der Waals surface area contributed by atoms with Crippen LogP contribution in [0.2, 0.25) is 0 Å². The van der Waals surface area contributed by atoms with Crippen molar-refractivity contribution in [2.45, 2.75) is 0 Å². The largest absolute Gasteiger partial charge is 0.480 e. The van der Waals surface area contributed by atoms with Crippen molar-refractivity contribution >= 4 is 29.3 Å². The maximum Gasteiger partial charge on any atom is 0.414 e. The molecule has 0 aliphatic carbocycles. The number of carboxylic acid groups (broad SMARTS) is 1. The quantitative estimate of drug-likeness (QED) is 0.799. The second-order valence-electron chi connectivity index (χ2n) is 4.25. The fourth-order valence-corrected chi connectivity index (χ4v) is 1.81. The summed E-state index contributed by atoms with van der Waals surface area (Å²) in [5.41, 5.74) is 1.10. The molecule has 0 bridgehead atoms. The van der Waals surface area contributed by atoms with Gasteiger partial charge in [0, 0.05) is 11.4 Å².